The van der Waals surface area contributed by atoms with Gasteiger partial charge in [0.15, 0.2) is 0 Å². The van der Waals surface area contributed by atoms with E-state index in [0.717, 1.165) is 13.0 Å². The van der Waals surface area contributed by atoms with Gasteiger partial charge in [-0.1, -0.05) is 0 Å². The number of hydrogen-bond acceptors (Lipinski definition) is 5. The average Bonchev–Trinajstić information content (AvgIpc) is 2.81. The second-order valence-electron chi connectivity index (χ2n) is 4.80. The number of nitrogens with zero attached hydrogens (tertiary/aromatic N) is 1. The number of ether oxygens (including phenoxy) is 1. The van der Waals surface area contributed by atoms with Crippen LogP contribution in [0.15, 0.2) is 18.2 Å². The first-order chi connectivity index (χ1) is 9.49. The minimum Gasteiger partial charge on any atom is -0.477 e. The molecule has 0 spiro atoms. The maximum absolute atomic E-state index is 10.9. The van der Waals surface area contributed by atoms with Crippen molar-refractivity contribution < 1.29 is 19.6 Å². The second kappa shape index (κ2) is 5.87. The molecule has 0 aromatic heterocycles. The number of hydrogen-bond donors (Lipinski definition) is 2. The van der Waals surface area contributed by atoms with Crippen LogP contribution in [0.3, 0.4) is 0 Å². The molecule has 0 radical (unpaired) electrons. The quantitative estimate of drug-likeness (QED) is 0.632. The fourth-order valence-corrected chi connectivity index (χ4v) is 2.27. The van der Waals surface area contributed by atoms with Crippen LogP contribution < -0.4 is 5.32 Å². The molecule has 1 aromatic carbocycles. The number of carboxylic acid groups (broad SMARTS) is 1. The molecule has 0 amide bonds. The summed E-state index contributed by atoms with van der Waals surface area (Å²) >= 11 is 0. The Balaban J connectivity index is 2.11. The first kappa shape index (κ1) is 14.3. The summed E-state index contributed by atoms with van der Waals surface area (Å²) in [7, 11) is 0. The summed E-state index contributed by atoms with van der Waals surface area (Å²) in [5.41, 5.74) is -0.169. The lowest BCUT2D eigenvalue weighted by Gasteiger charge is -2.15. The molecule has 0 saturated carbocycles. The zero-order valence-electron chi connectivity index (χ0n) is 11.0. The van der Waals surface area contributed by atoms with Crippen molar-refractivity contribution in [2.24, 2.45) is 5.92 Å². The van der Waals surface area contributed by atoms with Gasteiger partial charge in [0.2, 0.25) is 0 Å². The van der Waals surface area contributed by atoms with Crippen LogP contribution in [0.5, 0.6) is 0 Å². The van der Waals surface area contributed by atoms with Crippen LogP contribution in [-0.4, -0.2) is 35.3 Å². The standard InChI is InChI=1S/C13H16N2O5/c1-8-9(4-5-20-8)7-14-10-2-3-11(13(16)17)12(6-10)15(18)19/h2-3,6,8-9,14H,4-5,7H2,1H3,(H,16,17). The van der Waals surface area contributed by atoms with Crippen LogP contribution in [0.25, 0.3) is 0 Å². The van der Waals surface area contributed by atoms with Gasteiger partial charge in [-0.2, -0.15) is 0 Å². The highest BCUT2D eigenvalue weighted by Gasteiger charge is 2.24. The lowest BCUT2D eigenvalue weighted by Crippen LogP contribution is -2.20. The van der Waals surface area contributed by atoms with E-state index in [9.17, 15) is 14.9 Å². The molecular formula is C13H16N2O5. The van der Waals surface area contributed by atoms with Crippen LogP contribution >= 0.6 is 0 Å². The molecule has 7 nitrogen and oxygen atoms in total. The fraction of sp³-hybridized carbons (Fsp3) is 0.462. The maximum Gasteiger partial charge on any atom is 0.342 e. The summed E-state index contributed by atoms with van der Waals surface area (Å²) in [6.45, 7) is 3.37. The maximum atomic E-state index is 10.9. The van der Waals surface area contributed by atoms with Crippen molar-refractivity contribution in [2.45, 2.75) is 19.4 Å². The molecule has 2 N–H and O–H groups in total. The van der Waals surface area contributed by atoms with Crippen LogP contribution in [0.4, 0.5) is 11.4 Å². The van der Waals surface area contributed by atoms with Crippen molar-refractivity contribution in [1.29, 1.82) is 0 Å². The molecular weight excluding hydrogens is 264 g/mol. The second-order valence-corrected chi connectivity index (χ2v) is 4.80. The largest absolute Gasteiger partial charge is 0.477 e. The van der Waals surface area contributed by atoms with E-state index in [1.807, 2.05) is 6.92 Å². The van der Waals surface area contributed by atoms with Crippen molar-refractivity contribution in [3.63, 3.8) is 0 Å². The molecule has 108 valence electrons. The van der Waals surface area contributed by atoms with Gasteiger partial charge in [0.05, 0.1) is 11.0 Å². The van der Waals surface area contributed by atoms with E-state index in [-0.39, 0.29) is 11.7 Å². The Morgan fingerprint density at radius 1 is 1.60 bits per heavy atom. The number of nitrogens with one attached hydrogen (secondary N) is 1. The van der Waals surface area contributed by atoms with Gasteiger partial charge in [0, 0.05) is 30.8 Å². The molecule has 2 unspecified atom stereocenters. The number of carboxylic acids is 1. The molecule has 20 heavy (non-hydrogen) atoms. The molecule has 7 heteroatoms. The summed E-state index contributed by atoms with van der Waals surface area (Å²) in [4.78, 5) is 21.1. The van der Waals surface area contributed by atoms with Crippen molar-refractivity contribution in [1.82, 2.24) is 0 Å². The lowest BCUT2D eigenvalue weighted by atomic mass is 10.0. The van der Waals surface area contributed by atoms with E-state index in [4.69, 9.17) is 9.84 Å². The number of carbonyl (C=O) groups is 1. The molecule has 1 heterocycles. The van der Waals surface area contributed by atoms with Crippen LogP contribution in [0.2, 0.25) is 0 Å². The third kappa shape index (κ3) is 3.05. The molecule has 0 aliphatic carbocycles. The summed E-state index contributed by atoms with van der Waals surface area (Å²) in [5.74, 6) is -0.950. The van der Waals surface area contributed by atoms with Gasteiger partial charge in [-0.15, -0.1) is 0 Å². The van der Waals surface area contributed by atoms with Crippen molar-refractivity contribution in [3.05, 3.63) is 33.9 Å². The van der Waals surface area contributed by atoms with Crippen molar-refractivity contribution in [3.8, 4) is 0 Å². The Hall–Kier alpha value is -2.15. The molecule has 1 aromatic rings. The SMILES string of the molecule is CC1OCCC1CNc1ccc(C(=O)O)c([N+](=O)[O-])c1. The average molecular weight is 280 g/mol. The van der Waals surface area contributed by atoms with Gasteiger partial charge < -0.3 is 15.2 Å². The number of nitro benzene ring substituents is 1. The highest BCUT2D eigenvalue weighted by molar-refractivity contribution is 5.93. The van der Waals surface area contributed by atoms with E-state index in [0.29, 0.717) is 18.2 Å². The van der Waals surface area contributed by atoms with Gasteiger partial charge in [-0.25, -0.2) is 4.79 Å². The van der Waals surface area contributed by atoms with Crippen LogP contribution in [0, 0.1) is 16.0 Å². The Labute approximate surface area is 115 Å². The number of benzene rings is 1. The van der Waals surface area contributed by atoms with E-state index >= 15 is 0 Å². The van der Waals surface area contributed by atoms with E-state index in [1.165, 1.54) is 18.2 Å². The third-order valence-corrected chi connectivity index (χ3v) is 3.53. The van der Waals surface area contributed by atoms with Crippen LogP contribution in [-0.2, 0) is 4.74 Å². The van der Waals surface area contributed by atoms with E-state index < -0.39 is 16.6 Å². The first-order valence-electron chi connectivity index (χ1n) is 6.36. The highest BCUT2D eigenvalue weighted by atomic mass is 16.6. The summed E-state index contributed by atoms with van der Waals surface area (Å²) in [6.07, 6.45) is 1.11. The minimum absolute atomic E-state index is 0.163. The smallest absolute Gasteiger partial charge is 0.342 e. The van der Waals surface area contributed by atoms with Crippen molar-refractivity contribution in [2.75, 3.05) is 18.5 Å². The Bertz CT molecular complexity index is 531. The molecule has 0 bridgehead atoms. The molecule has 2 rings (SSSR count). The Morgan fingerprint density at radius 2 is 2.35 bits per heavy atom. The van der Waals surface area contributed by atoms with E-state index in [1.54, 1.807) is 0 Å². The summed E-state index contributed by atoms with van der Waals surface area (Å²) in [5, 5.41) is 22.9. The Morgan fingerprint density at radius 3 is 2.90 bits per heavy atom. The summed E-state index contributed by atoms with van der Waals surface area (Å²) < 4.78 is 5.44. The number of rotatable bonds is 5. The van der Waals surface area contributed by atoms with Gasteiger partial charge in [0.1, 0.15) is 5.56 Å². The predicted octanol–water partition coefficient (Wildman–Crippen LogP) is 2.13. The van der Waals surface area contributed by atoms with Crippen LogP contribution in [0.1, 0.15) is 23.7 Å². The third-order valence-electron chi connectivity index (χ3n) is 3.53. The van der Waals surface area contributed by atoms with Gasteiger partial charge in [0.25, 0.3) is 5.69 Å². The molecule has 1 aliphatic heterocycles. The number of anilines is 1. The first-order valence-corrected chi connectivity index (χ1v) is 6.36. The number of nitro groups is 1. The van der Waals surface area contributed by atoms with Gasteiger partial charge in [-0.05, 0) is 25.5 Å². The monoisotopic (exact) mass is 280 g/mol. The fourth-order valence-electron chi connectivity index (χ4n) is 2.27. The molecule has 1 aliphatic rings. The van der Waals surface area contributed by atoms with Crippen molar-refractivity contribution >= 4 is 17.3 Å². The zero-order chi connectivity index (χ0) is 14.7. The van der Waals surface area contributed by atoms with Gasteiger partial charge in [-0.3, -0.25) is 10.1 Å². The minimum atomic E-state index is -1.30. The van der Waals surface area contributed by atoms with Gasteiger partial charge >= 0.3 is 5.97 Å². The van der Waals surface area contributed by atoms with E-state index in [2.05, 4.69) is 5.32 Å². The number of aromatic carboxylic acids is 1. The highest BCUT2D eigenvalue weighted by Crippen LogP contribution is 2.25. The normalized spacial score (nSPS) is 21.6. The zero-order valence-corrected chi connectivity index (χ0v) is 11.0. The molecule has 1 fully saturated rings. The predicted molar refractivity (Wildman–Crippen MR) is 72.1 cm³/mol. The Kier molecular flexibility index (Phi) is 4.19. The summed E-state index contributed by atoms with van der Waals surface area (Å²) in [6, 6.07) is 4.04. The topological polar surface area (TPSA) is 102 Å². The molecule has 1 saturated heterocycles. The lowest BCUT2D eigenvalue weighted by molar-refractivity contribution is -0.385. The molecule has 2 atom stereocenters.